The van der Waals surface area contributed by atoms with Crippen LogP contribution >= 0.6 is 0 Å². The predicted octanol–water partition coefficient (Wildman–Crippen LogP) is 4.59. The second-order valence-corrected chi connectivity index (χ2v) is 10.1. The monoisotopic (exact) mass is 359 g/mol. The largest absolute Gasteiger partial charge is 0.412 e. The quantitative estimate of drug-likeness (QED) is 0.734. The average Bonchev–Trinajstić information content (AvgIpc) is 2.99. The van der Waals surface area contributed by atoms with Gasteiger partial charge in [0.15, 0.2) is 9.04 Å². The molecule has 2 aromatic rings. The van der Waals surface area contributed by atoms with Crippen LogP contribution in [0.15, 0.2) is 30.7 Å². The number of rotatable bonds is 5. The average molecular weight is 360 g/mol. The van der Waals surface area contributed by atoms with Crippen molar-refractivity contribution in [2.75, 3.05) is 0 Å². The molecule has 0 bridgehead atoms. The summed E-state index contributed by atoms with van der Waals surface area (Å²) in [7, 11) is -1.26. The van der Waals surface area contributed by atoms with E-state index < -0.39 is 14.9 Å². The van der Waals surface area contributed by atoms with Gasteiger partial charge in [0, 0.05) is 0 Å². The van der Waals surface area contributed by atoms with Crippen LogP contribution < -0.4 is 0 Å². The first-order valence-corrected chi connectivity index (χ1v) is 11.3. The van der Waals surface area contributed by atoms with Crippen LogP contribution in [0.2, 0.25) is 13.1 Å². The van der Waals surface area contributed by atoms with E-state index in [9.17, 15) is 4.39 Å². The molecule has 2 atom stereocenters. The lowest BCUT2D eigenvalue weighted by Crippen LogP contribution is -2.28. The van der Waals surface area contributed by atoms with Crippen molar-refractivity contribution in [3.63, 3.8) is 0 Å². The highest BCUT2D eigenvalue weighted by Crippen LogP contribution is 2.38. The van der Waals surface area contributed by atoms with Crippen LogP contribution in [0, 0.1) is 22.6 Å². The molecule has 0 saturated heterocycles. The van der Waals surface area contributed by atoms with Gasteiger partial charge in [-0.2, -0.15) is 5.26 Å². The molecule has 1 aromatic heterocycles. The molecule has 25 heavy (non-hydrogen) atoms. The third-order valence-corrected chi connectivity index (χ3v) is 4.99. The molecule has 0 spiro atoms. The minimum absolute atomic E-state index is 0.0588. The molecule has 0 radical (unpaired) electrons. The molecular weight excluding hydrogens is 333 g/mol. The van der Waals surface area contributed by atoms with E-state index in [2.05, 4.69) is 38.8 Å². The highest BCUT2D eigenvalue weighted by Gasteiger charge is 2.31. The van der Waals surface area contributed by atoms with Gasteiger partial charge in [-0.25, -0.2) is 9.37 Å². The molecule has 0 fully saturated rings. The standard InChI is InChI=1S/C19H26FN3OSi/c1-13(14-7-8-15(10-21)16(20)9-14)23-12-22-11-17(23)18(19(2,3)4)24-25(5)6/h7-9,11-13,18,25H,1-6H3. The molecule has 0 aliphatic heterocycles. The Balaban J connectivity index is 2.43. The lowest BCUT2D eigenvalue weighted by molar-refractivity contribution is 0.0786. The summed E-state index contributed by atoms with van der Waals surface area (Å²) in [6, 6.07) is 6.49. The fourth-order valence-corrected chi connectivity index (χ4v) is 3.97. The maximum absolute atomic E-state index is 14.0. The number of halogens is 1. The van der Waals surface area contributed by atoms with Crippen molar-refractivity contribution < 1.29 is 8.82 Å². The number of imidazole rings is 1. The van der Waals surface area contributed by atoms with Crippen molar-refractivity contribution in [2.45, 2.75) is 52.9 Å². The number of hydrogen-bond donors (Lipinski definition) is 0. The summed E-state index contributed by atoms with van der Waals surface area (Å²) < 4.78 is 22.3. The molecule has 134 valence electrons. The van der Waals surface area contributed by atoms with Crippen molar-refractivity contribution >= 4 is 9.04 Å². The van der Waals surface area contributed by atoms with E-state index in [1.165, 1.54) is 12.1 Å². The van der Waals surface area contributed by atoms with Gasteiger partial charge < -0.3 is 8.99 Å². The highest BCUT2D eigenvalue weighted by molar-refractivity contribution is 6.48. The van der Waals surface area contributed by atoms with Crippen LogP contribution in [0.4, 0.5) is 4.39 Å². The third-order valence-electron chi connectivity index (χ3n) is 4.17. The Hall–Kier alpha value is -1.97. The first-order valence-electron chi connectivity index (χ1n) is 8.52. The Labute approximate surface area is 151 Å². The summed E-state index contributed by atoms with van der Waals surface area (Å²) in [6.45, 7) is 12.8. The first-order chi connectivity index (χ1) is 11.6. The SMILES string of the molecule is CC(c1ccc(C#N)c(F)c1)n1cncc1C(O[SiH](C)C)C(C)(C)C. The molecule has 0 aliphatic carbocycles. The zero-order chi connectivity index (χ0) is 18.8. The minimum Gasteiger partial charge on any atom is -0.412 e. The third kappa shape index (κ3) is 4.36. The van der Waals surface area contributed by atoms with Gasteiger partial charge in [-0.15, -0.1) is 0 Å². The van der Waals surface area contributed by atoms with Gasteiger partial charge in [0.25, 0.3) is 0 Å². The summed E-state index contributed by atoms with van der Waals surface area (Å²) in [4.78, 5) is 4.32. The Morgan fingerprint density at radius 1 is 1.32 bits per heavy atom. The molecule has 2 unspecified atom stereocenters. The summed E-state index contributed by atoms with van der Waals surface area (Å²) >= 11 is 0. The minimum atomic E-state index is -1.26. The van der Waals surface area contributed by atoms with Crippen molar-refractivity contribution in [3.05, 3.63) is 53.4 Å². The van der Waals surface area contributed by atoms with E-state index in [0.29, 0.717) is 0 Å². The van der Waals surface area contributed by atoms with Gasteiger partial charge in [0.1, 0.15) is 11.9 Å². The molecule has 4 nitrogen and oxygen atoms in total. The van der Waals surface area contributed by atoms with E-state index in [-0.39, 0.29) is 23.1 Å². The van der Waals surface area contributed by atoms with Gasteiger partial charge in [-0.1, -0.05) is 26.8 Å². The topological polar surface area (TPSA) is 50.8 Å². The fraction of sp³-hybridized carbons (Fsp3) is 0.474. The van der Waals surface area contributed by atoms with E-state index in [4.69, 9.17) is 9.69 Å². The normalized spacial score (nSPS) is 14.4. The van der Waals surface area contributed by atoms with E-state index in [1.54, 1.807) is 12.4 Å². The molecule has 6 heteroatoms. The Morgan fingerprint density at radius 2 is 2.00 bits per heavy atom. The molecule has 0 aliphatic rings. The van der Waals surface area contributed by atoms with Crippen LogP contribution in [0.5, 0.6) is 0 Å². The molecule has 0 amide bonds. The number of nitrogens with zero attached hydrogens (tertiary/aromatic N) is 3. The van der Waals surface area contributed by atoms with Crippen LogP contribution in [-0.4, -0.2) is 18.6 Å². The maximum Gasteiger partial charge on any atom is 0.171 e. The van der Waals surface area contributed by atoms with Gasteiger partial charge in [-0.05, 0) is 43.1 Å². The second-order valence-electron chi connectivity index (χ2n) is 7.68. The molecule has 2 rings (SSSR count). The molecule has 0 N–H and O–H groups in total. The van der Waals surface area contributed by atoms with E-state index >= 15 is 0 Å². The Morgan fingerprint density at radius 3 is 2.52 bits per heavy atom. The van der Waals surface area contributed by atoms with Crippen molar-refractivity contribution in [1.29, 1.82) is 5.26 Å². The summed E-state index contributed by atoms with van der Waals surface area (Å²) in [5.41, 5.74) is 1.77. The summed E-state index contributed by atoms with van der Waals surface area (Å²) in [5.74, 6) is -0.494. The van der Waals surface area contributed by atoms with Crippen molar-refractivity contribution in [1.82, 2.24) is 9.55 Å². The number of benzene rings is 1. The van der Waals surface area contributed by atoms with Gasteiger partial charge >= 0.3 is 0 Å². The fourth-order valence-electron chi connectivity index (χ4n) is 2.87. The smallest absolute Gasteiger partial charge is 0.171 e. The van der Waals surface area contributed by atoms with Crippen LogP contribution in [0.1, 0.15) is 56.7 Å². The number of nitriles is 1. The number of hydrogen-bond acceptors (Lipinski definition) is 3. The molecule has 1 aromatic carbocycles. The molecular formula is C19H26FN3OSi. The predicted molar refractivity (Wildman–Crippen MR) is 99.3 cm³/mol. The van der Waals surface area contributed by atoms with Crippen molar-refractivity contribution in [2.24, 2.45) is 5.41 Å². The summed E-state index contributed by atoms with van der Waals surface area (Å²) in [6.07, 6.45) is 3.52. The van der Waals surface area contributed by atoms with E-state index in [0.717, 1.165) is 11.3 Å². The highest BCUT2D eigenvalue weighted by atomic mass is 28.3. The van der Waals surface area contributed by atoms with Gasteiger partial charge in [-0.3, -0.25) is 0 Å². The molecule has 1 heterocycles. The first kappa shape index (κ1) is 19.4. The second kappa shape index (κ2) is 7.50. The molecule has 0 saturated carbocycles. The van der Waals surface area contributed by atoms with E-state index in [1.807, 2.05) is 23.8 Å². The lowest BCUT2D eigenvalue weighted by atomic mass is 9.87. The van der Waals surface area contributed by atoms with Crippen LogP contribution in [0.25, 0.3) is 0 Å². The summed E-state index contributed by atoms with van der Waals surface area (Å²) in [5, 5.41) is 8.90. The zero-order valence-corrected chi connectivity index (χ0v) is 16.9. The lowest BCUT2D eigenvalue weighted by Gasteiger charge is -2.34. The van der Waals surface area contributed by atoms with Crippen molar-refractivity contribution in [3.8, 4) is 6.07 Å². The van der Waals surface area contributed by atoms with Gasteiger partial charge in [0.2, 0.25) is 0 Å². The van der Waals surface area contributed by atoms with Crippen LogP contribution in [-0.2, 0) is 4.43 Å². The maximum atomic E-state index is 14.0. The zero-order valence-electron chi connectivity index (χ0n) is 15.7. The Bertz CT molecular complexity index is 774. The number of aromatic nitrogens is 2. The Kier molecular flexibility index (Phi) is 5.81. The van der Waals surface area contributed by atoms with Gasteiger partial charge in [0.05, 0.1) is 35.9 Å². The van der Waals surface area contributed by atoms with Crippen LogP contribution in [0.3, 0.4) is 0 Å².